The van der Waals surface area contributed by atoms with Gasteiger partial charge in [-0.3, -0.25) is 0 Å². The van der Waals surface area contributed by atoms with Gasteiger partial charge in [0.25, 0.3) is 0 Å². The van der Waals surface area contributed by atoms with Crippen LogP contribution in [0, 0.1) is 71.0 Å². The van der Waals surface area contributed by atoms with Gasteiger partial charge in [0.05, 0.1) is 0 Å². The van der Waals surface area contributed by atoms with Crippen LogP contribution < -0.4 is 51.4 Å². The Morgan fingerprint density at radius 1 is 0.412 bits per heavy atom. The molecule has 0 saturated carbocycles. The Hall–Kier alpha value is 2.33. The summed E-state index contributed by atoms with van der Waals surface area (Å²) in [5.41, 5.74) is 0. The van der Waals surface area contributed by atoms with Gasteiger partial charge in [-0.25, -0.2) is 0 Å². The zero-order chi connectivity index (χ0) is 12.0. The summed E-state index contributed by atoms with van der Waals surface area (Å²) in [6, 6.07) is 0. The molecule has 2 N–H and O–H groups in total. The van der Waals surface area contributed by atoms with Crippen molar-refractivity contribution >= 4 is 103 Å². The van der Waals surface area contributed by atoms with Gasteiger partial charge in [0.15, 0.2) is 0 Å². The van der Waals surface area contributed by atoms with Crippen molar-refractivity contribution in [3.8, 4) is 0 Å². The summed E-state index contributed by atoms with van der Waals surface area (Å²) in [7, 11) is 0. The zero-order valence-electron chi connectivity index (χ0n) is 9.54. The summed E-state index contributed by atoms with van der Waals surface area (Å²) in [6.07, 6.45) is 0. The fourth-order valence-electron chi connectivity index (χ4n) is 0. The van der Waals surface area contributed by atoms with Crippen LogP contribution in [0.3, 0.4) is 0 Å². The van der Waals surface area contributed by atoms with E-state index in [1.54, 1.807) is 0 Å². The van der Waals surface area contributed by atoms with E-state index in [0.29, 0.717) is 0 Å². The van der Waals surface area contributed by atoms with Crippen molar-refractivity contribution in [1.29, 1.82) is 31.6 Å². The summed E-state index contributed by atoms with van der Waals surface area (Å²) in [4.78, 5) is 0. The minimum absolute atomic E-state index is 0. The molecule has 0 aromatic heterocycles. The maximum Gasteiger partial charge on any atom is 5.00 e. The summed E-state index contributed by atoms with van der Waals surface area (Å²) in [5.74, 6) is 0. The van der Waals surface area contributed by atoms with E-state index in [-0.39, 0.29) is 177 Å². The summed E-state index contributed by atoms with van der Waals surface area (Å²) < 4.78 is 0. The second kappa shape index (κ2) is 1020. The second-order valence-electron chi connectivity index (χ2n) is 0. The molecule has 0 aromatic rings. The van der Waals surface area contributed by atoms with Crippen LogP contribution >= 0.6 is 0 Å². The first-order valence-corrected chi connectivity index (χ1v) is 1.34. The van der Waals surface area contributed by atoms with Gasteiger partial charge in [-0.15, -0.1) is 0 Å². The molecular formula is C6H2FeK3N6O. The molecule has 11 heteroatoms. The van der Waals surface area contributed by atoms with E-state index in [1.165, 1.54) is 0 Å². The molecule has 73 valence electrons. The van der Waals surface area contributed by atoms with Gasteiger partial charge in [-0.05, 0) is 0 Å². The molecule has 0 fully saturated rings. The van der Waals surface area contributed by atoms with Crippen molar-refractivity contribution in [1.82, 2.24) is 0 Å². The largest absolute Gasteiger partial charge is 5.00 e. The molecule has 0 aliphatic heterocycles. The van der Waals surface area contributed by atoms with Crippen molar-refractivity contribution in [2.75, 3.05) is 0 Å². The summed E-state index contributed by atoms with van der Waals surface area (Å²) in [5, 5.41) is 37.5. The van der Waals surface area contributed by atoms with Gasteiger partial charge in [0.2, 0.25) is 0 Å². The van der Waals surface area contributed by atoms with Crippen molar-refractivity contribution in [3.05, 3.63) is 39.4 Å². The van der Waals surface area contributed by atoms with Gasteiger partial charge in [-0.2, -0.15) is 0 Å². The Morgan fingerprint density at radius 2 is 0.412 bits per heavy atom. The quantitative estimate of drug-likeness (QED) is 0.318. The van der Waals surface area contributed by atoms with E-state index >= 15 is 0 Å². The molecule has 0 rings (SSSR count). The predicted molar refractivity (Wildman–Crippen MR) is 44.9 cm³/mol. The average molecular weight is 347 g/mol. The standard InChI is InChI=1S/6CN.Fe.3K.H2O/c6*1-2;;;;;/h;;;;;;;;;;1H2/q6*-1;+5;;;+1;. The molecule has 0 unspecified atom stereocenters. The summed E-state index contributed by atoms with van der Waals surface area (Å²) >= 11 is 0. The molecule has 17 heavy (non-hydrogen) atoms. The van der Waals surface area contributed by atoms with Crippen LogP contribution in [0.5, 0.6) is 0 Å². The van der Waals surface area contributed by atoms with Crippen molar-refractivity contribution in [2.24, 2.45) is 0 Å². The minimum atomic E-state index is 0. The molecule has 0 aliphatic rings. The van der Waals surface area contributed by atoms with Crippen molar-refractivity contribution in [3.63, 3.8) is 0 Å². The van der Waals surface area contributed by atoms with E-state index in [9.17, 15) is 0 Å². The van der Waals surface area contributed by atoms with Crippen LogP contribution in [0.1, 0.15) is 0 Å². The third-order valence-electron chi connectivity index (χ3n) is 0. The minimum Gasteiger partial charge on any atom is -0.512 e. The fraction of sp³-hybridized carbons (Fsp3) is 0. The van der Waals surface area contributed by atoms with Crippen LogP contribution in [0.25, 0.3) is 0 Å². The van der Waals surface area contributed by atoms with Crippen LogP contribution in [0.4, 0.5) is 0 Å². The van der Waals surface area contributed by atoms with Crippen LogP contribution in [-0.2, 0) is 17.1 Å². The Balaban J connectivity index is -0.00000000267. The van der Waals surface area contributed by atoms with E-state index < -0.39 is 0 Å². The first kappa shape index (κ1) is 93.6. The Morgan fingerprint density at radius 3 is 0.412 bits per heavy atom. The van der Waals surface area contributed by atoms with Crippen molar-refractivity contribution < 1.29 is 73.9 Å². The molecule has 0 spiro atoms. The predicted octanol–water partition coefficient (Wildman–Crippen LogP) is -4.01. The Labute approximate surface area is 241 Å². The van der Waals surface area contributed by atoms with Crippen molar-refractivity contribution in [2.45, 2.75) is 0 Å². The first-order valence-electron chi connectivity index (χ1n) is 1.34. The Bertz CT molecular complexity index is 109. The number of nitrogens with zero attached hydrogens (tertiary/aromatic N) is 6. The number of hydrogen-bond donors (Lipinski definition) is 0. The number of hydrogen-bond acceptors (Lipinski definition) is 6. The molecule has 7 nitrogen and oxygen atoms in total. The average Bonchev–Trinajstić information content (AvgIpc) is 2.33. The smallest absolute Gasteiger partial charge is 0.512 e. The second-order valence-corrected chi connectivity index (χ2v) is 0. The monoisotopic (exact) mass is 347 g/mol. The molecule has 0 amide bonds. The van der Waals surface area contributed by atoms with E-state index in [0.717, 1.165) is 0 Å². The molecule has 0 aliphatic carbocycles. The van der Waals surface area contributed by atoms with Gasteiger partial charge in [0, 0.05) is 103 Å². The molecule has 0 bridgehead atoms. The maximum atomic E-state index is 6.25. The number of rotatable bonds is 0. The van der Waals surface area contributed by atoms with Gasteiger partial charge in [0.1, 0.15) is 0 Å². The topological polar surface area (TPSA) is 174 Å². The normalized spacial score (nSPS) is 0.706. The van der Waals surface area contributed by atoms with E-state index in [4.69, 9.17) is 71.0 Å². The Kier molecular flexibility index (Phi) is 5590. The molecule has 0 atom stereocenters. The summed E-state index contributed by atoms with van der Waals surface area (Å²) in [6.45, 7) is 28.5. The molecule has 0 aromatic carbocycles. The molecule has 3 radical (unpaired) electrons. The zero-order valence-corrected chi connectivity index (χ0v) is 20.0. The fourth-order valence-corrected chi connectivity index (χ4v) is 0. The van der Waals surface area contributed by atoms with Crippen LogP contribution in [0.15, 0.2) is 0 Å². The van der Waals surface area contributed by atoms with Gasteiger partial charge < -0.3 is 76.5 Å². The van der Waals surface area contributed by atoms with E-state index in [1.807, 2.05) is 0 Å². The molecular weight excluding hydrogens is 345 g/mol. The molecule has 0 heterocycles. The molecule has 0 saturated heterocycles. The SMILES string of the molecule is O.[C-]#N.[C-]#N.[C-]#N.[C-]#N.[C-]#N.[C-]#N.[Fe+5].[K+].[K].[K]. The van der Waals surface area contributed by atoms with Gasteiger partial charge in [-0.1, -0.05) is 0 Å². The van der Waals surface area contributed by atoms with E-state index in [2.05, 4.69) is 0 Å². The maximum absolute atomic E-state index is 6.25. The third-order valence-corrected chi connectivity index (χ3v) is 0. The first-order chi connectivity index (χ1) is 6.00. The third kappa shape index (κ3) is 901. The van der Waals surface area contributed by atoms with Crippen LogP contribution in [0.2, 0.25) is 0 Å². The van der Waals surface area contributed by atoms with Crippen LogP contribution in [-0.4, -0.2) is 108 Å². The van der Waals surface area contributed by atoms with Gasteiger partial charge >= 0.3 is 68.5 Å².